The molecule has 0 N–H and O–H groups in total. The lowest BCUT2D eigenvalue weighted by molar-refractivity contribution is 1.32. The molecular weight excluding hydrogens is 645 g/mol. The van der Waals surface area contributed by atoms with Gasteiger partial charge in [0.15, 0.2) is 0 Å². The first-order chi connectivity index (χ1) is 24.8. The number of nitrogens with zero attached hydrogens (tertiary/aromatic N) is 2. The SMILES string of the molecule is c1ccc2c(c1)CC(c1c3ccccc3c(C3=C(c4nc5ccccc5s4)c4ccccc4C3)c3ccccc13)=C2c1nc2ccccc2s1. The van der Waals surface area contributed by atoms with E-state index in [1.807, 2.05) is 0 Å². The van der Waals surface area contributed by atoms with Crippen molar-refractivity contribution in [2.75, 3.05) is 0 Å². The molecule has 0 bridgehead atoms. The van der Waals surface area contributed by atoms with E-state index in [1.165, 1.54) is 86.6 Å². The third-order valence-electron chi connectivity index (χ3n) is 10.5. The maximum absolute atomic E-state index is 5.24. The highest BCUT2D eigenvalue weighted by molar-refractivity contribution is 7.20. The van der Waals surface area contributed by atoms with Crippen LogP contribution < -0.4 is 0 Å². The van der Waals surface area contributed by atoms with Crippen LogP contribution in [-0.4, -0.2) is 9.97 Å². The van der Waals surface area contributed by atoms with Crippen LogP contribution in [0, 0.1) is 0 Å². The lowest BCUT2D eigenvalue weighted by atomic mass is 9.83. The summed E-state index contributed by atoms with van der Waals surface area (Å²) < 4.78 is 2.44. The zero-order valence-corrected chi connectivity index (χ0v) is 28.6. The molecule has 50 heavy (non-hydrogen) atoms. The van der Waals surface area contributed by atoms with Crippen LogP contribution in [0.25, 0.3) is 64.3 Å². The van der Waals surface area contributed by atoms with Crippen molar-refractivity contribution < 1.29 is 0 Å². The van der Waals surface area contributed by atoms with Gasteiger partial charge in [0.25, 0.3) is 0 Å². The molecule has 234 valence electrons. The molecule has 0 spiro atoms. The fraction of sp³-hybridized carbons (Fsp3) is 0.0435. The molecule has 2 aliphatic rings. The molecule has 7 aromatic carbocycles. The maximum atomic E-state index is 5.24. The van der Waals surface area contributed by atoms with Crippen molar-refractivity contribution >= 4 is 86.9 Å². The minimum absolute atomic E-state index is 0.875. The number of allylic oxidation sites excluding steroid dienone is 2. The minimum Gasteiger partial charge on any atom is -0.236 e. The normalized spacial score (nSPS) is 14.1. The van der Waals surface area contributed by atoms with Gasteiger partial charge in [-0.15, -0.1) is 22.7 Å². The molecule has 0 fully saturated rings. The topological polar surface area (TPSA) is 25.8 Å². The van der Waals surface area contributed by atoms with E-state index in [2.05, 4.69) is 146 Å². The van der Waals surface area contributed by atoms with Crippen LogP contribution in [0.3, 0.4) is 0 Å². The standard InChI is InChI=1S/C46H28N2S2/c1-3-15-29-27(13-1)25-35(43(29)45-47-37-21-9-11-23-39(37)49-45)41-31-17-5-7-19-33(31)42(34-20-8-6-18-32(34)41)36-26-28-14-2-4-16-30(28)44(36)46-48-38-22-10-12-24-40(38)50-46/h1-24H,25-26H2. The third-order valence-corrected chi connectivity index (χ3v) is 12.6. The highest BCUT2D eigenvalue weighted by Crippen LogP contribution is 2.52. The summed E-state index contributed by atoms with van der Waals surface area (Å²) in [7, 11) is 0. The Kier molecular flexibility index (Phi) is 6.15. The van der Waals surface area contributed by atoms with Crippen LogP contribution in [0.2, 0.25) is 0 Å². The van der Waals surface area contributed by atoms with E-state index in [4.69, 9.17) is 9.97 Å². The molecule has 0 unspecified atom stereocenters. The van der Waals surface area contributed by atoms with Crippen LogP contribution in [0.15, 0.2) is 146 Å². The van der Waals surface area contributed by atoms with Gasteiger partial charge >= 0.3 is 0 Å². The smallest absolute Gasteiger partial charge is 0.125 e. The predicted octanol–water partition coefficient (Wildman–Crippen LogP) is 12.2. The van der Waals surface area contributed by atoms with Crippen LogP contribution in [0.1, 0.15) is 43.4 Å². The van der Waals surface area contributed by atoms with Crippen molar-refractivity contribution in [1.82, 2.24) is 9.97 Å². The zero-order chi connectivity index (χ0) is 32.8. The largest absolute Gasteiger partial charge is 0.236 e. The maximum Gasteiger partial charge on any atom is 0.125 e. The Bertz CT molecular complexity index is 2610. The van der Waals surface area contributed by atoms with E-state index in [9.17, 15) is 0 Å². The van der Waals surface area contributed by atoms with Gasteiger partial charge in [0.2, 0.25) is 0 Å². The third kappa shape index (κ3) is 4.13. The van der Waals surface area contributed by atoms with Gasteiger partial charge in [0, 0.05) is 11.1 Å². The lowest BCUT2D eigenvalue weighted by Gasteiger charge is -2.20. The molecule has 0 radical (unpaired) electrons. The Morgan fingerprint density at radius 1 is 0.380 bits per heavy atom. The fourth-order valence-electron chi connectivity index (χ4n) is 8.37. The summed E-state index contributed by atoms with van der Waals surface area (Å²) in [6.45, 7) is 0. The first-order valence-corrected chi connectivity index (χ1v) is 18.7. The van der Waals surface area contributed by atoms with E-state index in [-0.39, 0.29) is 0 Å². The summed E-state index contributed by atoms with van der Waals surface area (Å²) in [5, 5.41) is 7.33. The van der Waals surface area contributed by atoms with E-state index >= 15 is 0 Å². The second kappa shape index (κ2) is 10.9. The van der Waals surface area contributed by atoms with Gasteiger partial charge in [-0.2, -0.15) is 0 Å². The average Bonchev–Trinajstić information content (AvgIpc) is 3.95. The molecule has 0 aliphatic heterocycles. The first kappa shape index (κ1) is 28.2. The molecule has 4 heteroatoms. The number of rotatable bonds is 4. The second-order valence-corrected chi connectivity index (χ2v) is 15.3. The summed E-state index contributed by atoms with van der Waals surface area (Å²) in [6, 6.07) is 53.0. The minimum atomic E-state index is 0.875. The highest BCUT2D eigenvalue weighted by atomic mass is 32.1. The number of hydrogen-bond acceptors (Lipinski definition) is 4. The molecule has 2 aromatic heterocycles. The van der Waals surface area contributed by atoms with E-state index in [1.54, 1.807) is 22.7 Å². The molecule has 0 saturated carbocycles. The fourth-order valence-corrected chi connectivity index (χ4v) is 10.5. The van der Waals surface area contributed by atoms with Gasteiger partial charge in [0.05, 0.1) is 20.4 Å². The summed E-state index contributed by atoms with van der Waals surface area (Å²) in [5.74, 6) is 0. The lowest BCUT2D eigenvalue weighted by Crippen LogP contribution is -1.98. The molecule has 9 aromatic rings. The Morgan fingerprint density at radius 2 is 0.740 bits per heavy atom. The van der Waals surface area contributed by atoms with E-state index in [0.29, 0.717) is 0 Å². The molecule has 0 amide bonds. The highest BCUT2D eigenvalue weighted by Gasteiger charge is 2.32. The second-order valence-electron chi connectivity index (χ2n) is 13.2. The summed E-state index contributed by atoms with van der Waals surface area (Å²) in [4.78, 5) is 10.5. The Balaban J connectivity index is 1.24. The van der Waals surface area contributed by atoms with Gasteiger partial charge in [-0.05, 0) is 103 Å². The number of hydrogen-bond donors (Lipinski definition) is 0. The number of fused-ring (bicyclic) bond motifs is 6. The van der Waals surface area contributed by atoms with Gasteiger partial charge in [-0.25, -0.2) is 9.97 Å². The van der Waals surface area contributed by atoms with Crippen molar-refractivity contribution in [2.45, 2.75) is 12.8 Å². The van der Waals surface area contributed by atoms with Crippen molar-refractivity contribution in [3.63, 3.8) is 0 Å². The summed E-state index contributed by atoms with van der Waals surface area (Å²) in [5.41, 5.74) is 15.3. The Morgan fingerprint density at radius 3 is 1.16 bits per heavy atom. The molecule has 0 atom stereocenters. The number of thiazole rings is 2. The summed E-state index contributed by atoms with van der Waals surface area (Å²) in [6.07, 6.45) is 1.75. The van der Waals surface area contributed by atoms with Crippen LogP contribution in [-0.2, 0) is 12.8 Å². The van der Waals surface area contributed by atoms with Crippen molar-refractivity contribution in [3.05, 3.63) is 189 Å². The molecule has 11 rings (SSSR count). The Labute approximate surface area is 297 Å². The number of benzene rings is 7. The van der Waals surface area contributed by atoms with E-state index in [0.717, 1.165) is 33.9 Å². The van der Waals surface area contributed by atoms with Crippen molar-refractivity contribution in [1.29, 1.82) is 0 Å². The molecule has 2 aliphatic carbocycles. The Hall–Kier alpha value is -5.68. The van der Waals surface area contributed by atoms with Gasteiger partial charge in [0.1, 0.15) is 10.0 Å². The first-order valence-electron chi connectivity index (χ1n) is 17.1. The number of aromatic nitrogens is 2. The summed E-state index contributed by atoms with van der Waals surface area (Å²) >= 11 is 3.60. The quantitative estimate of drug-likeness (QED) is 0.174. The predicted molar refractivity (Wildman–Crippen MR) is 213 cm³/mol. The van der Waals surface area contributed by atoms with Gasteiger partial charge in [-0.3, -0.25) is 0 Å². The van der Waals surface area contributed by atoms with Crippen LogP contribution >= 0.6 is 22.7 Å². The van der Waals surface area contributed by atoms with Crippen molar-refractivity contribution in [3.8, 4) is 0 Å². The van der Waals surface area contributed by atoms with Crippen LogP contribution in [0.4, 0.5) is 0 Å². The molecule has 0 saturated heterocycles. The van der Waals surface area contributed by atoms with Crippen molar-refractivity contribution in [2.24, 2.45) is 0 Å². The average molecular weight is 673 g/mol. The monoisotopic (exact) mass is 672 g/mol. The van der Waals surface area contributed by atoms with E-state index < -0.39 is 0 Å². The number of para-hydroxylation sites is 2. The van der Waals surface area contributed by atoms with Gasteiger partial charge in [-0.1, -0.05) is 121 Å². The molecular formula is C46H28N2S2. The molecule has 2 heterocycles. The zero-order valence-electron chi connectivity index (χ0n) is 27.0. The van der Waals surface area contributed by atoms with Gasteiger partial charge < -0.3 is 0 Å². The molecule has 2 nitrogen and oxygen atoms in total. The van der Waals surface area contributed by atoms with Crippen LogP contribution in [0.5, 0.6) is 0 Å².